The summed E-state index contributed by atoms with van der Waals surface area (Å²) in [5.41, 5.74) is 3.21. The van der Waals surface area contributed by atoms with Crippen LogP contribution >= 0.6 is 0 Å². The fraction of sp³-hybridized carbons (Fsp3) is 0.129. The number of benzene rings is 4. The van der Waals surface area contributed by atoms with Crippen molar-refractivity contribution < 1.29 is 26.3 Å². The molecule has 4 rings (SSSR count). The maximum Gasteiger partial charge on any atom is 0.416 e. The Bertz CT molecular complexity index is 1480. The van der Waals surface area contributed by atoms with Gasteiger partial charge in [0.25, 0.3) is 0 Å². The number of hydrogen-bond donors (Lipinski definition) is 0. The zero-order valence-electron chi connectivity index (χ0n) is 20.4. The third-order valence-electron chi connectivity index (χ3n) is 6.01. The Morgan fingerprint density at radius 1 is 0.605 bits per heavy atom. The summed E-state index contributed by atoms with van der Waals surface area (Å²) in [7, 11) is 0. The number of halogens is 6. The quantitative estimate of drug-likeness (QED) is 0.149. The second-order valence-corrected chi connectivity index (χ2v) is 9.04. The van der Waals surface area contributed by atoms with Crippen LogP contribution < -0.4 is 0 Å². The van der Waals surface area contributed by atoms with Crippen molar-refractivity contribution in [1.82, 2.24) is 0 Å². The molecule has 0 saturated heterocycles. The molecule has 0 unspecified atom stereocenters. The Kier molecular flexibility index (Phi) is 7.19. The van der Waals surface area contributed by atoms with Crippen LogP contribution in [0.4, 0.5) is 26.3 Å². The van der Waals surface area contributed by atoms with E-state index in [0.717, 1.165) is 22.3 Å². The van der Waals surface area contributed by atoms with Gasteiger partial charge in [-0.15, -0.1) is 0 Å². The molecule has 0 atom stereocenters. The van der Waals surface area contributed by atoms with Gasteiger partial charge in [0.15, 0.2) is 0 Å². The van der Waals surface area contributed by atoms with Gasteiger partial charge in [0, 0.05) is 0 Å². The van der Waals surface area contributed by atoms with Crippen molar-refractivity contribution in [3.63, 3.8) is 0 Å². The number of rotatable bonds is 4. The maximum atomic E-state index is 13.2. The van der Waals surface area contributed by atoms with Gasteiger partial charge in [-0.05, 0) is 71.5 Å². The molecule has 4 aromatic rings. The number of aryl methyl sites for hydroxylation is 2. The van der Waals surface area contributed by atoms with E-state index in [9.17, 15) is 31.6 Å². The summed E-state index contributed by atoms with van der Waals surface area (Å²) in [5.74, 6) is 0. The van der Waals surface area contributed by atoms with Crippen LogP contribution in [0, 0.1) is 25.2 Å². The minimum Gasteiger partial charge on any atom is -0.192 e. The van der Waals surface area contributed by atoms with Crippen LogP contribution in [0.15, 0.2) is 84.9 Å². The van der Waals surface area contributed by atoms with E-state index in [-0.39, 0.29) is 17.2 Å². The van der Waals surface area contributed by atoms with Crippen molar-refractivity contribution in [2.75, 3.05) is 0 Å². The molecule has 0 saturated carbocycles. The largest absolute Gasteiger partial charge is 0.416 e. The van der Waals surface area contributed by atoms with E-state index < -0.39 is 23.5 Å². The van der Waals surface area contributed by atoms with Gasteiger partial charge in [-0.2, -0.15) is 31.6 Å². The number of alkyl halides is 6. The van der Waals surface area contributed by atoms with E-state index in [4.69, 9.17) is 0 Å². The van der Waals surface area contributed by atoms with Crippen molar-refractivity contribution in [2.45, 2.75) is 26.2 Å². The van der Waals surface area contributed by atoms with Gasteiger partial charge in [-0.3, -0.25) is 0 Å². The molecular weight excluding hydrogens is 500 g/mol. The van der Waals surface area contributed by atoms with Crippen molar-refractivity contribution in [1.29, 1.82) is 5.26 Å². The number of nitriles is 1. The monoisotopic (exact) mass is 521 g/mol. The second-order valence-electron chi connectivity index (χ2n) is 9.04. The molecule has 192 valence electrons. The second kappa shape index (κ2) is 10.2. The third kappa shape index (κ3) is 6.15. The summed E-state index contributed by atoms with van der Waals surface area (Å²) in [5, 5.41) is 9.71. The lowest BCUT2D eigenvalue weighted by atomic mass is 9.96. The van der Waals surface area contributed by atoms with E-state index in [1.165, 1.54) is 12.1 Å². The molecule has 0 heterocycles. The summed E-state index contributed by atoms with van der Waals surface area (Å²) in [6.07, 6.45) is -8.23. The molecule has 0 bridgehead atoms. The van der Waals surface area contributed by atoms with Crippen LogP contribution in [0.1, 0.15) is 33.4 Å². The predicted molar refractivity (Wildman–Crippen MR) is 137 cm³/mol. The smallest absolute Gasteiger partial charge is 0.192 e. The molecule has 0 aliphatic rings. The zero-order valence-corrected chi connectivity index (χ0v) is 20.4. The summed E-state index contributed by atoms with van der Waals surface area (Å²) in [6, 6.07) is 23.3. The zero-order chi connectivity index (χ0) is 27.7. The van der Waals surface area contributed by atoms with Crippen molar-refractivity contribution >= 4 is 11.6 Å². The molecule has 0 radical (unpaired) electrons. The van der Waals surface area contributed by atoms with Crippen LogP contribution in [0.25, 0.3) is 33.9 Å². The number of nitrogens with zero attached hydrogens (tertiary/aromatic N) is 1. The Morgan fingerprint density at radius 3 is 1.50 bits per heavy atom. The van der Waals surface area contributed by atoms with Gasteiger partial charge in [-0.25, -0.2) is 0 Å². The van der Waals surface area contributed by atoms with Crippen molar-refractivity contribution in [3.8, 4) is 28.3 Å². The lowest BCUT2D eigenvalue weighted by Crippen LogP contribution is -2.11. The van der Waals surface area contributed by atoms with Gasteiger partial charge in [-0.1, -0.05) is 77.9 Å². The minimum atomic E-state index is -4.92. The number of hydrogen-bond acceptors (Lipinski definition) is 1. The average molecular weight is 522 g/mol. The van der Waals surface area contributed by atoms with Crippen LogP contribution in [-0.2, 0) is 12.4 Å². The van der Waals surface area contributed by atoms with Gasteiger partial charge in [0.1, 0.15) is 0 Å². The van der Waals surface area contributed by atoms with Crippen LogP contribution in [0.2, 0.25) is 0 Å². The van der Waals surface area contributed by atoms with Crippen LogP contribution in [0.3, 0.4) is 0 Å². The van der Waals surface area contributed by atoms with E-state index in [2.05, 4.69) is 24.3 Å². The first kappa shape index (κ1) is 26.7. The molecule has 0 fully saturated rings. The highest BCUT2D eigenvalue weighted by atomic mass is 19.4. The topological polar surface area (TPSA) is 23.8 Å². The first-order valence-electron chi connectivity index (χ1n) is 11.5. The van der Waals surface area contributed by atoms with Crippen molar-refractivity contribution in [2.24, 2.45) is 0 Å². The maximum absolute atomic E-state index is 13.2. The van der Waals surface area contributed by atoms with Gasteiger partial charge < -0.3 is 0 Å². The summed E-state index contributed by atoms with van der Waals surface area (Å²) < 4.78 is 79.3. The van der Waals surface area contributed by atoms with Gasteiger partial charge in [0.05, 0.1) is 22.8 Å². The first-order chi connectivity index (χ1) is 17.8. The predicted octanol–water partition coefficient (Wildman–Crippen LogP) is 9.74. The third-order valence-corrected chi connectivity index (χ3v) is 6.01. The molecular formula is C31H21F6N. The summed E-state index contributed by atoms with van der Waals surface area (Å²) >= 11 is 0. The van der Waals surface area contributed by atoms with E-state index in [0.29, 0.717) is 28.8 Å². The Hall–Kier alpha value is -4.31. The molecule has 1 nitrogen and oxygen atoms in total. The van der Waals surface area contributed by atoms with Crippen molar-refractivity contribution in [3.05, 3.63) is 118 Å². The fourth-order valence-corrected chi connectivity index (χ4v) is 4.22. The van der Waals surface area contributed by atoms with E-state index in [1.54, 1.807) is 18.2 Å². The first-order valence-corrected chi connectivity index (χ1v) is 11.5. The lowest BCUT2D eigenvalue weighted by molar-refractivity contribution is -0.143. The van der Waals surface area contributed by atoms with Gasteiger partial charge >= 0.3 is 12.4 Å². The number of allylic oxidation sites excluding steroid dienone is 1. The standard InChI is InChI=1S/C31H21F6N/c1-19-11-20(2)13-25(12-19)23-7-9-24(10-8-23)27(18-38)14-21-3-5-22(6-4-21)26-15-28(30(32,33)34)17-29(16-26)31(35,36)37/h3-17H,1-2H3/b27-14+. The Balaban J connectivity index is 1.63. The van der Waals surface area contributed by atoms with Gasteiger partial charge in [0.2, 0.25) is 0 Å². The normalized spacial score (nSPS) is 12.3. The molecule has 7 heteroatoms. The molecule has 0 spiro atoms. The minimum absolute atomic E-state index is 0.102. The lowest BCUT2D eigenvalue weighted by Gasteiger charge is -2.14. The highest BCUT2D eigenvalue weighted by Crippen LogP contribution is 2.38. The van der Waals surface area contributed by atoms with Crippen LogP contribution in [-0.4, -0.2) is 0 Å². The molecule has 4 aromatic carbocycles. The summed E-state index contributed by atoms with van der Waals surface area (Å²) in [4.78, 5) is 0. The van der Waals surface area contributed by atoms with E-state index in [1.807, 2.05) is 38.1 Å². The Morgan fingerprint density at radius 2 is 1.05 bits per heavy atom. The van der Waals surface area contributed by atoms with E-state index >= 15 is 0 Å². The summed E-state index contributed by atoms with van der Waals surface area (Å²) in [6.45, 7) is 4.05. The molecule has 0 aliphatic carbocycles. The average Bonchev–Trinajstić information content (AvgIpc) is 2.86. The van der Waals surface area contributed by atoms with Crippen LogP contribution in [0.5, 0.6) is 0 Å². The highest BCUT2D eigenvalue weighted by molar-refractivity contribution is 5.90. The fourth-order valence-electron chi connectivity index (χ4n) is 4.22. The Labute approximate surface area is 216 Å². The SMILES string of the molecule is Cc1cc(C)cc(-c2ccc(/C(C#N)=C/c3ccc(-c4cc(C(F)(F)F)cc(C(F)(F)F)c4)cc3)cc2)c1. The molecule has 0 amide bonds. The molecule has 0 aliphatic heterocycles. The molecule has 0 N–H and O–H groups in total. The molecule has 38 heavy (non-hydrogen) atoms. The molecule has 0 aromatic heterocycles. The highest BCUT2D eigenvalue weighted by Gasteiger charge is 2.37.